The molecule has 0 heteroatoms. The molecule has 126 valence electrons. The van der Waals surface area contributed by atoms with Gasteiger partial charge < -0.3 is 0 Å². The largest absolute Gasteiger partial charge is 0.0794 e. The minimum absolute atomic E-state index is 0.466. The molecular formula is C22H38. The summed E-state index contributed by atoms with van der Waals surface area (Å²) in [7, 11) is 0. The number of allylic oxidation sites excluding steroid dienone is 2. The molecule has 5 atom stereocenters. The molecule has 0 aliphatic heterocycles. The van der Waals surface area contributed by atoms with Crippen molar-refractivity contribution in [3.8, 4) is 0 Å². The minimum Gasteiger partial charge on any atom is -0.0794 e. The lowest BCUT2D eigenvalue weighted by Gasteiger charge is -2.56. The van der Waals surface area contributed by atoms with Crippen molar-refractivity contribution in [2.24, 2.45) is 34.5 Å². The first-order valence-corrected chi connectivity index (χ1v) is 10.1. The van der Waals surface area contributed by atoms with E-state index in [1.807, 2.05) is 5.57 Å². The van der Waals surface area contributed by atoms with Crippen LogP contribution in [0.15, 0.2) is 11.6 Å². The zero-order chi connectivity index (χ0) is 16.0. The van der Waals surface area contributed by atoms with Crippen molar-refractivity contribution in [1.82, 2.24) is 0 Å². The second-order valence-electron chi connectivity index (χ2n) is 9.66. The molecule has 0 heterocycles. The summed E-state index contributed by atoms with van der Waals surface area (Å²) in [6.07, 6.45) is 15.7. The Morgan fingerprint density at radius 3 is 2.45 bits per heavy atom. The third-order valence-corrected chi connectivity index (χ3v) is 7.85. The molecule has 5 unspecified atom stereocenters. The Kier molecular flexibility index (Phi) is 4.52. The van der Waals surface area contributed by atoms with E-state index in [0.29, 0.717) is 10.8 Å². The number of hydrogen-bond acceptors (Lipinski definition) is 0. The lowest BCUT2D eigenvalue weighted by molar-refractivity contribution is -0.0306. The summed E-state index contributed by atoms with van der Waals surface area (Å²) >= 11 is 0. The Labute approximate surface area is 139 Å². The lowest BCUT2D eigenvalue weighted by atomic mass is 9.49. The summed E-state index contributed by atoms with van der Waals surface area (Å²) in [5, 5.41) is 0. The summed E-state index contributed by atoms with van der Waals surface area (Å²) in [5.41, 5.74) is 2.95. The second-order valence-corrected chi connectivity index (χ2v) is 9.66. The van der Waals surface area contributed by atoms with Gasteiger partial charge in [-0.25, -0.2) is 0 Å². The van der Waals surface area contributed by atoms with E-state index >= 15 is 0 Å². The molecule has 22 heavy (non-hydrogen) atoms. The van der Waals surface area contributed by atoms with E-state index in [4.69, 9.17) is 0 Å². The first kappa shape index (κ1) is 16.6. The first-order chi connectivity index (χ1) is 10.4. The Balaban J connectivity index is 1.85. The van der Waals surface area contributed by atoms with Crippen LogP contribution in [0.1, 0.15) is 92.4 Å². The Morgan fingerprint density at radius 1 is 1.00 bits per heavy atom. The van der Waals surface area contributed by atoms with Crippen LogP contribution < -0.4 is 0 Å². The molecule has 3 aliphatic carbocycles. The van der Waals surface area contributed by atoms with Gasteiger partial charge in [-0.05, 0) is 79.4 Å². The molecule has 0 spiro atoms. The zero-order valence-electron chi connectivity index (χ0n) is 15.8. The van der Waals surface area contributed by atoms with Gasteiger partial charge in [0.1, 0.15) is 0 Å². The highest BCUT2D eigenvalue weighted by Crippen LogP contribution is 2.59. The molecule has 0 aromatic carbocycles. The average Bonchev–Trinajstić information content (AvgIpc) is 2.48. The Hall–Kier alpha value is -0.260. The summed E-state index contributed by atoms with van der Waals surface area (Å²) in [4.78, 5) is 0. The van der Waals surface area contributed by atoms with Crippen LogP contribution in [0.3, 0.4) is 0 Å². The molecule has 0 aromatic rings. The van der Waals surface area contributed by atoms with E-state index in [0.717, 1.165) is 23.7 Å². The maximum absolute atomic E-state index is 2.68. The molecule has 2 fully saturated rings. The fourth-order valence-corrected chi connectivity index (χ4v) is 6.41. The highest BCUT2D eigenvalue weighted by Gasteiger charge is 2.49. The molecule has 3 rings (SSSR count). The van der Waals surface area contributed by atoms with Crippen LogP contribution in [0.5, 0.6) is 0 Å². The number of fused-ring (bicyclic) bond motifs is 3. The maximum atomic E-state index is 2.68. The van der Waals surface area contributed by atoms with Crippen LogP contribution in [0.4, 0.5) is 0 Å². The van der Waals surface area contributed by atoms with Crippen LogP contribution in [0, 0.1) is 34.5 Å². The fourth-order valence-electron chi connectivity index (χ4n) is 6.41. The van der Waals surface area contributed by atoms with E-state index in [9.17, 15) is 0 Å². The number of rotatable bonds is 3. The first-order valence-electron chi connectivity index (χ1n) is 10.1. The van der Waals surface area contributed by atoms with E-state index in [2.05, 4.69) is 40.7 Å². The van der Waals surface area contributed by atoms with Crippen LogP contribution >= 0.6 is 0 Å². The van der Waals surface area contributed by atoms with Crippen molar-refractivity contribution in [1.29, 1.82) is 0 Å². The maximum Gasteiger partial charge on any atom is -0.0172 e. The lowest BCUT2D eigenvalue weighted by Crippen LogP contribution is -2.46. The topological polar surface area (TPSA) is 0 Å². The minimum atomic E-state index is 0.466. The van der Waals surface area contributed by atoms with E-state index in [-0.39, 0.29) is 0 Å². The van der Waals surface area contributed by atoms with E-state index < -0.39 is 0 Å². The molecule has 0 amide bonds. The van der Waals surface area contributed by atoms with Gasteiger partial charge in [0.15, 0.2) is 0 Å². The molecule has 3 aliphatic rings. The standard InChI is InChI=1S/C22H38/c1-6-8-20-19-10-9-16-15-21(3,4)13-11-17(16)18(19)12-14-22(20,5)7-2/h15,17-20H,6-14H2,1-5H3. The SMILES string of the molecule is CCCC1C2CCC3=CC(C)(C)CCC3C2CCC1(C)CC. The second kappa shape index (κ2) is 5.99. The molecule has 0 aromatic heterocycles. The Bertz CT molecular complexity index is 429. The predicted octanol–water partition coefficient (Wildman–Crippen LogP) is 7.00. The van der Waals surface area contributed by atoms with Gasteiger partial charge in [0.2, 0.25) is 0 Å². The molecule has 0 saturated heterocycles. The third kappa shape index (κ3) is 2.80. The van der Waals surface area contributed by atoms with Crippen LogP contribution in [0.25, 0.3) is 0 Å². The van der Waals surface area contributed by atoms with Crippen LogP contribution in [-0.2, 0) is 0 Å². The smallest absolute Gasteiger partial charge is 0.0172 e. The predicted molar refractivity (Wildman–Crippen MR) is 96.8 cm³/mol. The highest BCUT2D eigenvalue weighted by molar-refractivity contribution is 5.20. The fraction of sp³-hybridized carbons (Fsp3) is 0.909. The molecule has 0 nitrogen and oxygen atoms in total. The summed E-state index contributed by atoms with van der Waals surface area (Å²) in [6, 6.07) is 0. The van der Waals surface area contributed by atoms with Crippen molar-refractivity contribution < 1.29 is 0 Å². The van der Waals surface area contributed by atoms with Gasteiger partial charge in [-0.2, -0.15) is 0 Å². The third-order valence-electron chi connectivity index (χ3n) is 7.85. The van der Waals surface area contributed by atoms with Gasteiger partial charge >= 0.3 is 0 Å². The molecular weight excluding hydrogens is 264 g/mol. The monoisotopic (exact) mass is 302 g/mol. The van der Waals surface area contributed by atoms with Crippen molar-refractivity contribution in [2.75, 3.05) is 0 Å². The van der Waals surface area contributed by atoms with Gasteiger partial charge in [-0.15, -0.1) is 0 Å². The van der Waals surface area contributed by atoms with Crippen LogP contribution in [0.2, 0.25) is 0 Å². The molecule has 2 saturated carbocycles. The normalized spacial score (nSPS) is 44.0. The summed E-state index contributed by atoms with van der Waals surface area (Å²) in [5.74, 6) is 4.00. The van der Waals surface area contributed by atoms with Crippen molar-refractivity contribution in [3.05, 3.63) is 11.6 Å². The van der Waals surface area contributed by atoms with Gasteiger partial charge in [0.25, 0.3) is 0 Å². The quantitative estimate of drug-likeness (QED) is 0.492. The van der Waals surface area contributed by atoms with Crippen molar-refractivity contribution >= 4 is 0 Å². The number of hydrogen-bond donors (Lipinski definition) is 0. The zero-order valence-corrected chi connectivity index (χ0v) is 15.8. The molecule has 0 radical (unpaired) electrons. The van der Waals surface area contributed by atoms with Crippen molar-refractivity contribution in [2.45, 2.75) is 92.4 Å². The molecule has 0 N–H and O–H groups in total. The van der Waals surface area contributed by atoms with Gasteiger partial charge in [-0.1, -0.05) is 59.1 Å². The summed E-state index contributed by atoms with van der Waals surface area (Å²) in [6.45, 7) is 12.3. The van der Waals surface area contributed by atoms with E-state index in [1.54, 1.807) is 0 Å². The van der Waals surface area contributed by atoms with Gasteiger partial charge in [0, 0.05) is 0 Å². The summed E-state index contributed by atoms with van der Waals surface area (Å²) < 4.78 is 0. The molecule has 0 bridgehead atoms. The van der Waals surface area contributed by atoms with Gasteiger partial charge in [-0.3, -0.25) is 0 Å². The van der Waals surface area contributed by atoms with Gasteiger partial charge in [0.05, 0.1) is 0 Å². The average molecular weight is 303 g/mol. The van der Waals surface area contributed by atoms with Crippen LogP contribution in [-0.4, -0.2) is 0 Å². The van der Waals surface area contributed by atoms with Crippen molar-refractivity contribution in [3.63, 3.8) is 0 Å². The Morgan fingerprint density at radius 2 is 1.77 bits per heavy atom. The highest BCUT2D eigenvalue weighted by atomic mass is 14.5. The van der Waals surface area contributed by atoms with E-state index in [1.165, 1.54) is 57.8 Å².